The van der Waals surface area contributed by atoms with Crippen molar-refractivity contribution in [3.63, 3.8) is 0 Å². The van der Waals surface area contributed by atoms with Gasteiger partial charge in [0.25, 0.3) is 5.91 Å². The Balaban J connectivity index is 1.47. The van der Waals surface area contributed by atoms with E-state index in [9.17, 15) is 18.0 Å². The van der Waals surface area contributed by atoms with Crippen LogP contribution >= 0.6 is 11.6 Å². The third-order valence-electron chi connectivity index (χ3n) is 5.52. The fourth-order valence-corrected chi connectivity index (χ4v) is 3.97. The maximum atomic E-state index is 13.2. The number of anilines is 1. The van der Waals surface area contributed by atoms with Gasteiger partial charge in [0.2, 0.25) is 0 Å². The number of benzene rings is 2. The Morgan fingerprint density at radius 3 is 2.55 bits per heavy atom. The zero-order valence-corrected chi connectivity index (χ0v) is 18.0. The second-order valence-electron chi connectivity index (χ2n) is 7.96. The number of amides is 1. The number of carbonyl (C=O) groups excluding carboxylic acids is 1. The Morgan fingerprint density at radius 1 is 1.12 bits per heavy atom. The smallest absolute Gasteiger partial charge is 0.416 e. The van der Waals surface area contributed by atoms with Crippen LogP contribution in [0.3, 0.4) is 0 Å². The Kier molecular flexibility index (Phi) is 5.44. The van der Waals surface area contributed by atoms with E-state index in [0.29, 0.717) is 36.1 Å². The molecule has 3 aromatic rings. The van der Waals surface area contributed by atoms with Gasteiger partial charge >= 0.3 is 6.18 Å². The number of halogens is 4. The van der Waals surface area contributed by atoms with Crippen LogP contribution in [0.1, 0.15) is 46.8 Å². The Hall–Kier alpha value is -3.20. The SMILES string of the molecule is O=C(Nc1cc2c(cc1Cl)OCCCO2)c1cnn(-c2cccc(C(F)(F)F)c2)c1C1CC1. The second-order valence-corrected chi connectivity index (χ2v) is 8.37. The molecule has 2 heterocycles. The van der Waals surface area contributed by atoms with Crippen molar-refractivity contribution in [3.05, 3.63) is 64.4 Å². The monoisotopic (exact) mass is 477 g/mol. The fourth-order valence-electron chi connectivity index (χ4n) is 3.77. The first-order valence-corrected chi connectivity index (χ1v) is 10.8. The van der Waals surface area contributed by atoms with E-state index in [0.717, 1.165) is 31.4 Å². The largest absolute Gasteiger partial charge is 0.490 e. The Bertz CT molecular complexity index is 1220. The van der Waals surface area contributed by atoms with Gasteiger partial charge in [-0.2, -0.15) is 18.3 Å². The van der Waals surface area contributed by atoms with E-state index in [1.807, 2.05) is 0 Å². The van der Waals surface area contributed by atoms with Crippen LogP contribution in [0.2, 0.25) is 5.02 Å². The lowest BCUT2D eigenvalue weighted by Gasteiger charge is -2.14. The zero-order chi connectivity index (χ0) is 23.2. The second kappa shape index (κ2) is 8.30. The lowest BCUT2D eigenvalue weighted by atomic mass is 10.1. The molecular formula is C23H19ClF3N3O3. The lowest BCUT2D eigenvalue weighted by molar-refractivity contribution is -0.137. The van der Waals surface area contributed by atoms with Crippen LogP contribution in [-0.4, -0.2) is 28.9 Å². The van der Waals surface area contributed by atoms with Crippen molar-refractivity contribution in [3.8, 4) is 17.2 Å². The van der Waals surface area contributed by atoms with Crippen molar-refractivity contribution >= 4 is 23.2 Å². The minimum absolute atomic E-state index is 0.0436. The normalized spacial score (nSPS) is 15.8. The minimum Gasteiger partial charge on any atom is -0.490 e. The van der Waals surface area contributed by atoms with Gasteiger partial charge in [-0.3, -0.25) is 4.79 Å². The van der Waals surface area contributed by atoms with Crippen LogP contribution in [0.5, 0.6) is 11.5 Å². The quantitative estimate of drug-likeness (QED) is 0.513. The summed E-state index contributed by atoms with van der Waals surface area (Å²) in [6.07, 6.45) is -0.712. The molecule has 6 nitrogen and oxygen atoms in total. The Labute approximate surface area is 192 Å². The highest BCUT2D eigenvalue weighted by Crippen LogP contribution is 2.43. The van der Waals surface area contributed by atoms with Gasteiger partial charge in [-0.05, 0) is 31.0 Å². The molecule has 0 bridgehead atoms. The number of alkyl halides is 3. The number of ether oxygens (including phenoxy) is 2. The molecule has 1 N–H and O–H groups in total. The predicted octanol–water partition coefficient (Wildman–Crippen LogP) is 5.84. The van der Waals surface area contributed by atoms with E-state index in [2.05, 4.69) is 10.4 Å². The number of nitrogens with zero attached hydrogens (tertiary/aromatic N) is 2. The number of nitrogens with one attached hydrogen (secondary N) is 1. The third kappa shape index (κ3) is 4.37. The summed E-state index contributed by atoms with van der Waals surface area (Å²) in [5.74, 6) is 0.578. The first kappa shape index (κ1) is 21.6. The summed E-state index contributed by atoms with van der Waals surface area (Å²) in [6, 6.07) is 8.09. The highest BCUT2D eigenvalue weighted by atomic mass is 35.5. The van der Waals surface area contributed by atoms with Gasteiger partial charge in [0.05, 0.1) is 52.6 Å². The van der Waals surface area contributed by atoms with E-state index >= 15 is 0 Å². The van der Waals surface area contributed by atoms with Crippen molar-refractivity contribution < 1.29 is 27.4 Å². The molecule has 0 spiro atoms. The molecule has 1 aliphatic carbocycles. The number of hydrogen-bond acceptors (Lipinski definition) is 4. The molecular weight excluding hydrogens is 459 g/mol. The topological polar surface area (TPSA) is 65.4 Å². The van der Waals surface area contributed by atoms with Gasteiger partial charge in [0, 0.05) is 24.5 Å². The average Bonchev–Trinajstić information content (AvgIpc) is 3.56. The highest BCUT2D eigenvalue weighted by molar-refractivity contribution is 6.34. The number of fused-ring (bicyclic) bond motifs is 1. The number of hydrogen-bond donors (Lipinski definition) is 1. The summed E-state index contributed by atoms with van der Waals surface area (Å²) >= 11 is 6.34. The van der Waals surface area contributed by atoms with Gasteiger partial charge in [-0.25, -0.2) is 4.68 Å². The molecule has 1 aromatic heterocycles. The molecule has 0 radical (unpaired) electrons. The van der Waals surface area contributed by atoms with Crippen molar-refractivity contribution in [2.45, 2.75) is 31.4 Å². The minimum atomic E-state index is -4.48. The van der Waals surface area contributed by atoms with Crippen molar-refractivity contribution in [1.82, 2.24) is 9.78 Å². The molecule has 172 valence electrons. The molecule has 5 rings (SSSR count). The third-order valence-corrected chi connectivity index (χ3v) is 5.83. The van der Waals surface area contributed by atoms with Crippen LogP contribution in [0, 0.1) is 0 Å². The zero-order valence-electron chi connectivity index (χ0n) is 17.3. The summed E-state index contributed by atoms with van der Waals surface area (Å²) < 4.78 is 52.2. The van der Waals surface area contributed by atoms with E-state index in [1.165, 1.54) is 23.0 Å². The standard InChI is InChI=1S/C23H19ClF3N3O3/c24-17-10-19-20(33-8-2-7-32-19)11-18(17)29-22(31)16-12-28-30(21(16)13-5-6-13)15-4-1-3-14(9-15)23(25,26)27/h1,3-4,9-13H,2,5-8H2,(H,29,31). The average molecular weight is 478 g/mol. The predicted molar refractivity (Wildman–Crippen MR) is 116 cm³/mol. The summed E-state index contributed by atoms with van der Waals surface area (Å²) in [7, 11) is 0. The van der Waals surface area contributed by atoms with Crippen LogP contribution in [0.25, 0.3) is 5.69 Å². The molecule has 1 saturated carbocycles. The maximum Gasteiger partial charge on any atom is 0.416 e. The lowest BCUT2D eigenvalue weighted by Crippen LogP contribution is -2.15. The molecule has 0 atom stereocenters. The van der Waals surface area contributed by atoms with E-state index < -0.39 is 17.6 Å². The van der Waals surface area contributed by atoms with Crippen LogP contribution in [0.15, 0.2) is 42.6 Å². The summed E-state index contributed by atoms with van der Waals surface area (Å²) in [6.45, 7) is 0.992. The van der Waals surface area contributed by atoms with Crippen LogP contribution in [0.4, 0.5) is 18.9 Å². The molecule has 1 fully saturated rings. The van der Waals surface area contributed by atoms with Crippen LogP contribution in [-0.2, 0) is 6.18 Å². The molecule has 33 heavy (non-hydrogen) atoms. The van der Waals surface area contributed by atoms with Crippen molar-refractivity contribution in [2.24, 2.45) is 0 Å². The van der Waals surface area contributed by atoms with Crippen LogP contribution < -0.4 is 14.8 Å². The number of carbonyl (C=O) groups is 1. The summed E-state index contributed by atoms with van der Waals surface area (Å²) in [5.41, 5.74) is 0.691. The van der Waals surface area contributed by atoms with Gasteiger partial charge in [0.1, 0.15) is 0 Å². The highest BCUT2D eigenvalue weighted by Gasteiger charge is 2.34. The molecule has 2 aliphatic rings. The molecule has 1 aliphatic heterocycles. The number of rotatable bonds is 4. The molecule has 0 unspecified atom stereocenters. The first-order valence-electron chi connectivity index (χ1n) is 10.5. The van der Waals surface area contributed by atoms with Gasteiger partial charge < -0.3 is 14.8 Å². The van der Waals surface area contributed by atoms with Crippen molar-refractivity contribution in [2.75, 3.05) is 18.5 Å². The molecule has 2 aromatic carbocycles. The molecule has 0 saturated heterocycles. The Morgan fingerprint density at radius 2 is 1.85 bits per heavy atom. The maximum absolute atomic E-state index is 13.2. The van der Waals surface area contributed by atoms with E-state index in [4.69, 9.17) is 21.1 Å². The molecule has 1 amide bonds. The molecule has 10 heteroatoms. The van der Waals surface area contributed by atoms with E-state index in [1.54, 1.807) is 12.1 Å². The summed E-state index contributed by atoms with van der Waals surface area (Å²) in [4.78, 5) is 13.2. The van der Waals surface area contributed by atoms with E-state index in [-0.39, 0.29) is 22.2 Å². The van der Waals surface area contributed by atoms with Gasteiger partial charge in [-0.1, -0.05) is 17.7 Å². The number of aromatic nitrogens is 2. The summed E-state index contributed by atoms with van der Waals surface area (Å²) in [5, 5.41) is 7.31. The van der Waals surface area contributed by atoms with Gasteiger partial charge in [-0.15, -0.1) is 0 Å². The fraction of sp³-hybridized carbons (Fsp3) is 0.304. The van der Waals surface area contributed by atoms with Gasteiger partial charge in [0.15, 0.2) is 11.5 Å². The first-order chi connectivity index (χ1) is 15.8. The van der Waals surface area contributed by atoms with Crippen molar-refractivity contribution in [1.29, 1.82) is 0 Å².